The number of nitrogens with zero attached hydrogens (tertiary/aromatic N) is 3. The molecular weight excluding hydrogens is 412 g/mol. The minimum atomic E-state index is -0.431. The summed E-state index contributed by atoms with van der Waals surface area (Å²) in [6.07, 6.45) is 1.28. The van der Waals surface area contributed by atoms with Crippen LogP contribution in [0.5, 0.6) is 5.88 Å². The molecule has 31 heavy (non-hydrogen) atoms. The highest BCUT2D eigenvalue weighted by molar-refractivity contribution is 7.71. The molecule has 0 saturated heterocycles. The predicted molar refractivity (Wildman–Crippen MR) is 125 cm³/mol. The topological polar surface area (TPSA) is 88.6 Å². The lowest BCUT2D eigenvalue weighted by molar-refractivity contribution is 0.102. The van der Waals surface area contributed by atoms with Crippen molar-refractivity contribution >= 4 is 35.7 Å². The van der Waals surface area contributed by atoms with Crippen LogP contribution >= 0.6 is 12.2 Å². The Balaban J connectivity index is 1.99. The average Bonchev–Trinajstić information content (AvgIpc) is 2.76. The molecule has 0 fully saturated rings. The summed E-state index contributed by atoms with van der Waals surface area (Å²) in [6, 6.07) is 14.3. The molecule has 0 unspecified atom stereocenters. The van der Waals surface area contributed by atoms with Gasteiger partial charge < -0.3 is 10.4 Å². The summed E-state index contributed by atoms with van der Waals surface area (Å²) in [4.78, 5) is 29.9. The number of aromatic nitrogens is 2. The van der Waals surface area contributed by atoms with Gasteiger partial charge in [0.1, 0.15) is 5.56 Å². The number of nitrogens with one attached hydrogen (secondary N) is 1. The smallest absolute Gasteiger partial charge is 0.267 e. The van der Waals surface area contributed by atoms with Gasteiger partial charge in [0.25, 0.3) is 11.5 Å². The van der Waals surface area contributed by atoms with Crippen molar-refractivity contribution in [2.45, 2.75) is 33.9 Å². The van der Waals surface area contributed by atoms with E-state index in [9.17, 15) is 14.7 Å². The molecule has 2 N–H and O–H groups in total. The van der Waals surface area contributed by atoms with Crippen LogP contribution in [-0.4, -0.2) is 26.4 Å². The van der Waals surface area contributed by atoms with E-state index >= 15 is 0 Å². The van der Waals surface area contributed by atoms with Crippen LogP contribution in [0.3, 0.4) is 0 Å². The number of carbonyl (C=O) groups is 1. The fraction of sp³-hybridized carbons (Fsp3) is 0.217. The number of anilines is 1. The molecule has 2 aromatic carbocycles. The van der Waals surface area contributed by atoms with E-state index in [1.165, 1.54) is 15.3 Å². The lowest BCUT2D eigenvalue weighted by Crippen LogP contribution is -2.27. The third-order valence-corrected chi connectivity index (χ3v) is 5.30. The van der Waals surface area contributed by atoms with E-state index in [0.29, 0.717) is 30.0 Å². The maximum atomic E-state index is 12.8. The Morgan fingerprint density at radius 3 is 2.39 bits per heavy atom. The van der Waals surface area contributed by atoms with Crippen LogP contribution in [0.1, 0.15) is 35.3 Å². The number of benzene rings is 2. The van der Waals surface area contributed by atoms with Gasteiger partial charge in [-0.3, -0.25) is 23.7 Å². The normalized spacial score (nSPS) is 11.1. The Hall–Kier alpha value is -3.52. The molecular formula is C23H24N4O3S. The standard InChI is InChI=1S/C23H24N4O3S/c1-4-26-21(29)18(22(30)27(5-2)23(26)31)14-24-19-9-7-6-8-17(19)20(28)25-16-12-10-15(3)11-13-16/h6-14,29H,4-5H2,1-3H3,(H,25,28). The second kappa shape index (κ2) is 9.53. The molecule has 3 aromatic rings. The highest BCUT2D eigenvalue weighted by atomic mass is 32.1. The van der Waals surface area contributed by atoms with Crippen molar-refractivity contribution in [1.82, 2.24) is 9.13 Å². The van der Waals surface area contributed by atoms with Gasteiger partial charge in [-0.15, -0.1) is 0 Å². The first kappa shape index (κ1) is 22.2. The maximum absolute atomic E-state index is 12.8. The van der Waals surface area contributed by atoms with E-state index in [0.717, 1.165) is 5.56 Å². The van der Waals surface area contributed by atoms with E-state index in [2.05, 4.69) is 10.3 Å². The number of hydrogen-bond donors (Lipinski definition) is 2. The molecule has 160 valence electrons. The van der Waals surface area contributed by atoms with Crippen molar-refractivity contribution < 1.29 is 9.90 Å². The summed E-state index contributed by atoms with van der Waals surface area (Å²) in [5.74, 6) is -0.566. The van der Waals surface area contributed by atoms with Crippen LogP contribution in [0.25, 0.3) is 0 Å². The summed E-state index contributed by atoms with van der Waals surface area (Å²) < 4.78 is 3.12. The van der Waals surface area contributed by atoms with E-state index < -0.39 is 5.56 Å². The summed E-state index contributed by atoms with van der Waals surface area (Å²) in [5.41, 5.74) is 2.07. The number of para-hydroxylation sites is 1. The monoisotopic (exact) mass is 436 g/mol. The summed E-state index contributed by atoms with van der Waals surface area (Å²) in [5, 5.41) is 13.4. The second-order valence-corrected chi connectivity index (χ2v) is 7.27. The largest absolute Gasteiger partial charge is 0.494 e. The number of carbonyl (C=O) groups excluding carboxylic acids is 1. The van der Waals surface area contributed by atoms with Gasteiger partial charge in [-0.1, -0.05) is 29.8 Å². The zero-order valence-electron chi connectivity index (χ0n) is 17.6. The van der Waals surface area contributed by atoms with E-state index in [1.54, 1.807) is 31.2 Å². The number of aliphatic imine (C=N–C) groups is 1. The lowest BCUT2D eigenvalue weighted by Gasteiger charge is -2.13. The molecule has 0 atom stereocenters. The number of rotatable bonds is 6. The Kier molecular flexibility index (Phi) is 6.81. The van der Waals surface area contributed by atoms with Crippen LogP contribution in [-0.2, 0) is 13.1 Å². The number of hydrogen-bond acceptors (Lipinski definition) is 5. The molecule has 3 rings (SSSR count). The van der Waals surface area contributed by atoms with Crippen LogP contribution in [0.2, 0.25) is 0 Å². The van der Waals surface area contributed by atoms with Crippen LogP contribution in [0.15, 0.2) is 58.3 Å². The van der Waals surface area contributed by atoms with Crippen molar-refractivity contribution in [2.75, 3.05) is 5.32 Å². The van der Waals surface area contributed by atoms with Gasteiger partial charge in [0.15, 0.2) is 4.77 Å². The summed E-state index contributed by atoms with van der Waals surface area (Å²) in [6.45, 7) is 6.37. The molecule has 0 radical (unpaired) electrons. The van der Waals surface area contributed by atoms with E-state index in [-0.39, 0.29) is 22.1 Å². The van der Waals surface area contributed by atoms with Gasteiger partial charge in [0.2, 0.25) is 5.88 Å². The highest BCUT2D eigenvalue weighted by Gasteiger charge is 2.15. The van der Waals surface area contributed by atoms with Crippen LogP contribution in [0.4, 0.5) is 11.4 Å². The Morgan fingerprint density at radius 1 is 1.10 bits per heavy atom. The fourth-order valence-electron chi connectivity index (χ4n) is 3.13. The Labute approximate surface area is 185 Å². The minimum absolute atomic E-state index is 0.0195. The summed E-state index contributed by atoms with van der Waals surface area (Å²) in [7, 11) is 0. The quantitative estimate of drug-likeness (QED) is 0.442. The van der Waals surface area contributed by atoms with Crippen molar-refractivity contribution in [3.05, 3.63) is 80.3 Å². The first-order valence-corrected chi connectivity index (χ1v) is 10.4. The summed E-state index contributed by atoms with van der Waals surface area (Å²) >= 11 is 5.30. The van der Waals surface area contributed by atoms with Gasteiger partial charge in [0, 0.05) is 25.0 Å². The van der Waals surface area contributed by atoms with Crippen molar-refractivity contribution in [3.8, 4) is 5.88 Å². The molecule has 0 aliphatic heterocycles. The van der Waals surface area contributed by atoms with Gasteiger partial charge in [0.05, 0.1) is 11.3 Å². The Bertz CT molecular complexity index is 1260. The van der Waals surface area contributed by atoms with Crippen LogP contribution < -0.4 is 10.9 Å². The Morgan fingerprint density at radius 2 is 1.74 bits per heavy atom. The van der Waals surface area contributed by atoms with Gasteiger partial charge in [-0.05, 0) is 57.3 Å². The SMILES string of the molecule is CCn1c(O)c(C=Nc2ccccc2C(=O)Nc2ccc(C)cc2)c(=O)n(CC)c1=S. The van der Waals surface area contributed by atoms with Gasteiger partial charge in [-0.25, -0.2) is 0 Å². The molecule has 0 spiro atoms. The van der Waals surface area contributed by atoms with Crippen molar-refractivity contribution in [1.29, 1.82) is 0 Å². The molecule has 1 aromatic heterocycles. The first-order chi connectivity index (χ1) is 14.9. The molecule has 1 heterocycles. The molecule has 0 bridgehead atoms. The molecule has 7 nitrogen and oxygen atoms in total. The third kappa shape index (κ3) is 4.64. The third-order valence-electron chi connectivity index (χ3n) is 4.86. The lowest BCUT2D eigenvalue weighted by atomic mass is 10.1. The van der Waals surface area contributed by atoms with Crippen molar-refractivity contribution in [2.24, 2.45) is 4.99 Å². The molecule has 1 amide bonds. The zero-order chi connectivity index (χ0) is 22.5. The molecule has 0 aliphatic carbocycles. The van der Waals surface area contributed by atoms with Gasteiger partial charge >= 0.3 is 0 Å². The van der Waals surface area contributed by atoms with E-state index in [4.69, 9.17) is 12.2 Å². The maximum Gasteiger partial charge on any atom is 0.267 e. The minimum Gasteiger partial charge on any atom is -0.494 e. The number of aryl methyl sites for hydroxylation is 1. The molecule has 8 heteroatoms. The predicted octanol–water partition coefficient (Wildman–Crippen LogP) is 4.44. The molecule has 0 aliphatic rings. The second-order valence-electron chi connectivity index (χ2n) is 6.91. The zero-order valence-corrected chi connectivity index (χ0v) is 18.4. The average molecular weight is 437 g/mol. The van der Waals surface area contributed by atoms with Crippen LogP contribution in [0, 0.1) is 11.7 Å². The van der Waals surface area contributed by atoms with E-state index in [1.807, 2.05) is 38.1 Å². The molecule has 0 saturated carbocycles. The fourth-order valence-corrected chi connectivity index (χ4v) is 3.56. The van der Waals surface area contributed by atoms with Crippen molar-refractivity contribution in [3.63, 3.8) is 0 Å². The highest BCUT2D eigenvalue weighted by Crippen LogP contribution is 2.21. The first-order valence-electron chi connectivity index (χ1n) is 9.95. The number of amides is 1. The number of aromatic hydroxyl groups is 1. The van der Waals surface area contributed by atoms with Gasteiger partial charge in [-0.2, -0.15) is 0 Å².